The van der Waals surface area contributed by atoms with Gasteiger partial charge in [-0.2, -0.15) is 0 Å². The predicted octanol–water partition coefficient (Wildman–Crippen LogP) is 9.42. The Morgan fingerprint density at radius 3 is 1.70 bits per heavy atom. The molecule has 0 aromatic rings. The number of hydrogen-bond donors (Lipinski definition) is 3. The van der Waals surface area contributed by atoms with Crippen molar-refractivity contribution in [3.05, 3.63) is 12.2 Å². The molecular formula is C36H70NO9P. The summed E-state index contributed by atoms with van der Waals surface area (Å²) >= 11 is 0. The van der Waals surface area contributed by atoms with Crippen LogP contribution in [0.2, 0.25) is 0 Å². The first-order valence-electron chi connectivity index (χ1n) is 18.7. The molecule has 0 saturated heterocycles. The number of ether oxygens (including phenoxy) is 2. The number of allylic oxidation sites excluding steroid dienone is 2. The van der Waals surface area contributed by atoms with Crippen molar-refractivity contribution in [1.82, 2.24) is 0 Å². The average Bonchev–Trinajstić information content (AvgIpc) is 3.04. The summed E-state index contributed by atoms with van der Waals surface area (Å²) in [6, 6.07) is -1.47. The van der Waals surface area contributed by atoms with E-state index < -0.39 is 45.1 Å². The second kappa shape index (κ2) is 33.2. The molecule has 11 heteroatoms. The summed E-state index contributed by atoms with van der Waals surface area (Å²) in [6.07, 6.45) is 31.2. The van der Waals surface area contributed by atoms with Crippen LogP contribution >= 0.6 is 7.82 Å². The number of nitrogens with two attached hydrogens (primary N) is 1. The first-order chi connectivity index (χ1) is 22.7. The number of phosphoric acid groups is 1. The first-order valence-corrected chi connectivity index (χ1v) is 20.2. The number of carboxylic acid groups (broad SMARTS) is 1. The number of carbonyl (C=O) groups excluding carboxylic acids is 1. The van der Waals surface area contributed by atoms with Gasteiger partial charge in [0.15, 0.2) is 0 Å². The number of aliphatic carboxylic acids is 1. The molecular weight excluding hydrogens is 621 g/mol. The maximum Gasteiger partial charge on any atom is 0.472 e. The van der Waals surface area contributed by atoms with Crippen LogP contribution in [0.1, 0.15) is 168 Å². The molecule has 0 bridgehead atoms. The molecule has 3 atom stereocenters. The van der Waals surface area contributed by atoms with Gasteiger partial charge in [-0.15, -0.1) is 0 Å². The van der Waals surface area contributed by atoms with Gasteiger partial charge in [0.25, 0.3) is 0 Å². The summed E-state index contributed by atoms with van der Waals surface area (Å²) < 4.78 is 33.1. The predicted molar refractivity (Wildman–Crippen MR) is 189 cm³/mol. The third-order valence-corrected chi connectivity index (χ3v) is 8.98. The van der Waals surface area contributed by atoms with E-state index in [-0.39, 0.29) is 13.0 Å². The summed E-state index contributed by atoms with van der Waals surface area (Å²) in [6.45, 7) is 3.81. The van der Waals surface area contributed by atoms with E-state index in [4.69, 9.17) is 24.8 Å². The van der Waals surface area contributed by atoms with Gasteiger partial charge in [0.05, 0.1) is 19.8 Å². The molecule has 3 unspecified atom stereocenters. The molecule has 0 aliphatic carbocycles. The Morgan fingerprint density at radius 2 is 1.15 bits per heavy atom. The molecule has 278 valence electrons. The molecule has 0 fully saturated rings. The standard InChI is InChI=1S/C36H70NO9P/c1-3-5-7-9-11-13-15-16-17-18-20-22-24-26-28-35(38)46-33(31-44-47(41,42)45-32-34(37)36(39)40)30-43-29-27-25-23-21-19-14-12-10-8-6-4-2/h8,10,33-34H,3-7,9,11-32,37H2,1-2H3,(H,39,40)(H,41,42)/b10-8-. The van der Waals surface area contributed by atoms with Crippen molar-refractivity contribution in [2.75, 3.05) is 26.4 Å². The number of phosphoric ester groups is 1. The maximum atomic E-state index is 12.5. The van der Waals surface area contributed by atoms with E-state index in [9.17, 15) is 19.0 Å². The van der Waals surface area contributed by atoms with E-state index in [1.54, 1.807) is 0 Å². The summed E-state index contributed by atoms with van der Waals surface area (Å²) in [7, 11) is -4.60. The van der Waals surface area contributed by atoms with E-state index in [0.29, 0.717) is 13.0 Å². The van der Waals surface area contributed by atoms with E-state index in [0.717, 1.165) is 44.9 Å². The summed E-state index contributed by atoms with van der Waals surface area (Å²) in [5.41, 5.74) is 5.33. The third kappa shape index (κ3) is 33.0. The molecule has 0 saturated carbocycles. The van der Waals surface area contributed by atoms with Gasteiger partial charge < -0.3 is 25.2 Å². The van der Waals surface area contributed by atoms with Crippen molar-refractivity contribution >= 4 is 19.8 Å². The highest BCUT2D eigenvalue weighted by atomic mass is 31.2. The quantitative estimate of drug-likeness (QED) is 0.0250. The number of hydrogen-bond acceptors (Lipinski definition) is 8. The Morgan fingerprint density at radius 1 is 0.660 bits per heavy atom. The zero-order valence-electron chi connectivity index (χ0n) is 29.9. The molecule has 0 spiro atoms. The molecule has 10 nitrogen and oxygen atoms in total. The molecule has 0 aromatic heterocycles. The van der Waals surface area contributed by atoms with Crippen LogP contribution in [0.3, 0.4) is 0 Å². The molecule has 0 aliphatic rings. The monoisotopic (exact) mass is 691 g/mol. The van der Waals surface area contributed by atoms with Crippen LogP contribution in [0.4, 0.5) is 0 Å². The highest BCUT2D eigenvalue weighted by Gasteiger charge is 2.27. The summed E-state index contributed by atoms with van der Waals surface area (Å²) in [5, 5.41) is 8.85. The zero-order valence-corrected chi connectivity index (χ0v) is 30.8. The zero-order chi connectivity index (χ0) is 34.9. The summed E-state index contributed by atoms with van der Waals surface area (Å²) in [5.74, 6) is -1.78. The van der Waals surface area contributed by atoms with E-state index in [2.05, 4.69) is 30.5 Å². The largest absolute Gasteiger partial charge is 0.480 e. The molecule has 0 rings (SSSR count). The topological polar surface area (TPSA) is 155 Å². The highest BCUT2D eigenvalue weighted by Crippen LogP contribution is 2.43. The minimum atomic E-state index is -4.60. The number of esters is 1. The van der Waals surface area contributed by atoms with Crippen LogP contribution in [0.5, 0.6) is 0 Å². The van der Waals surface area contributed by atoms with Crippen molar-refractivity contribution in [3.63, 3.8) is 0 Å². The molecule has 47 heavy (non-hydrogen) atoms. The van der Waals surface area contributed by atoms with Crippen molar-refractivity contribution in [3.8, 4) is 0 Å². The Kier molecular flexibility index (Phi) is 32.3. The van der Waals surface area contributed by atoms with Crippen molar-refractivity contribution in [2.24, 2.45) is 5.73 Å². The third-order valence-electron chi connectivity index (χ3n) is 8.03. The average molecular weight is 692 g/mol. The number of rotatable bonds is 36. The smallest absolute Gasteiger partial charge is 0.472 e. The van der Waals surface area contributed by atoms with Crippen LogP contribution in [0.25, 0.3) is 0 Å². The van der Waals surface area contributed by atoms with Crippen LogP contribution < -0.4 is 5.73 Å². The number of carboxylic acids is 1. The molecule has 0 radical (unpaired) electrons. The molecule has 4 N–H and O–H groups in total. The summed E-state index contributed by atoms with van der Waals surface area (Å²) in [4.78, 5) is 33.3. The van der Waals surface area contributed by atoms with Crippen molar-refractivity contribution in [2.45, 2.75) is 180 Å². The molecule has 0 aromatic carbocycles. The number of carbonyl (C=O) groups is 2. The van der Waals surface area contributed by atoms with E-state index >= 15 is 0 Å². The lowest BCUT2D eigenvalue weighted by Gasteiger charge is -2.20. The van der Waals surface area contributed by atoms with Gasteiger partial charge in [-0.1, -0.05) is 142 Å². The van der Waals surface area contributed by atoms with Gasteiger partial charge in [0, 0.05) is 13.0 Å². The SMILES string of the molecule is CCC/C=C\CCCCCCCCOCC(COP(=O)(O)OCC(N)C(=O)O)OC(=O)CCCCCCCCCCCCCCCC. The Labute approximate surface area is 286 Å². The van der Waals surface area contributed by atoms with Gasteiger partial charge in [0.2, 0.25) is 0 Å². The molecule has 0 aliphatic heterocycles. The van der Waals surface area contributed by atoms with Crippen LogP contribution in [0.15, 0.2) is 12.2 Å². The second-order valence-corrected chi connectivity index (χ2v) is 14.2. The lowest BCUT2D eigenvalue weighted by molar-refractivity contribution is -0.154. The Balaban J connectivity index is 4.29. The van der Waals surface area contributed by atoms with Crippen LogP contribution in [-0.2, 0) is 32.7 Å². The fourth-order valence-electron chi connectivity index (χ4n) is 5.08. The van der Waals surface area contributed by atoms with E-state index in [1.165, 1.54) is 96.3 Å². The first kappa shape index (κ1) is 45.7. The van der Waals surface area contributed by atoms with Gasteiger partial charge in [-0.25, -0.2) is 4.57 Å². The van der Waals surface area contributed by atoms with Crippen molar-refractivity contribution < 1.29 is 42.7 Å². The minimum Gasteiger partial charge on any atom is -0.480 e. The molecule has 0 amide bonds. The van der Waals surface area contributed by atoms with Crippen LogP contribution in [-0.4, -0.2) is 60.5 Å². The maximum absolute atomic E-state index is 12.5. The fourth-order valence-corrected chi connectivity index (χ4v) is 5.85. The van der Waals surface area contributed by atoms with E-state index in [1.807, 2.05) is 0 Å². The highest BCUT2D eigenvalue weighted by molar-refractivity contribution is 7.47. The van der Waals surface area contributed by atoms with Gasteiger partial charge in [-0.05, 0) is 32.1 Å². The Hall–Kier alpha value is -1.29. The van der Waals surface area contributed by atoms with Gasteiger partial charge in [0.1, 0.15) is 12.1 Å². The number of unbranched alkanes of at least 4 members (excludes halogenated alkanes) is 20. The Bertz CT molecular complexity index is 811. The van der Waals surface area contributed by atoms with Crippen molar-refractivity contribution in [1.29, 1.82) is 0 Å². The van der Waals surface area contributed by atoms with Gasteiger partial charge >= 0.3 is 19.8 Å². The minimum absolute atomic E-state index is 0.0171. The van der Waals surface area contributed by atoms with Crippen LogP contribution in [0, 0.1) is 0 Å². The lowest BCUT2D eigenvalue weighted by Crippen LogP contribution is -2.34. The second-order valence-electron chi connectivity index (χ2n) is 12.7. The van der Waals surface area contributed by atoms with Gasteiger partial charge in [-0.3, -0.25) is 18.6 Å². The normalized spacial score (nSPS) is 14.3. The lowest BCUT2D eigenvalue weighted by atomic mass is 10.0. The molecule has 0 heterocycles. The fraction of sp³-hybridized carbons (Fsp3) is 0.889.